The first-order valence-electron chi connectivity index (χ1n) is 9.58. The van der Waals surface area contributed by atoms with Crippen LogP contribution in [0.1, 0.15) is 42.7 Å². The molecule has 0 atom stereocenters. The molecule has 0 fully saturated rings. The van der Waals surface area contributed by atoms with Gasteiger partial charge in [0.2, 0.25) is 0 Å². The first-order valence-corrected chi connectivity index (χ1v) is 9.58. The summed E-state index contributed by atoms with van der Waals surface area (Å²) in [6.45, 7) is 1.73. The van der Waals surface area contributed by atoms with Gasteiger partial charge in [-0.25, -0.2) is 19.6 Å². The van der Waals surface area contributed by atoms with Gasteiger partial charge in [-0.1, -0.05) is 30.3 Å². The second-order valence-corrected chi connectivity index (χ2v) is 6.42. The molecular formula is C21H25N5O6. The quantitative estimate of drug-likeness (QED) is 0.327. The number of hydrogen-bond acceptors (Lipinski definition) is 9. The van der Waals surface area contributed by atoms with Crippen LogP contribution in [-0.4, -0.2) is 75.5 Å². The molecule has 11 nitrogen and oxygen atoms in total. The van der Waals surface area contributed by atoms with Gasteiger partial charge in [-0.3, -0.25) is 9.69 Å². The van der Waals surface area contributed by atoms with Gasteiger partial charge < -0.3 is 24.5 Å². The molecule has 0 unspecified atom stereocenters. The summed E-state index contributed by atoms with van der Waals surface area (Å²) in [7, 11) is 2.56. The molecule has 0 saturated heterocycles. The summed E-state index contributed by atoms with van der Waals surface area (Å²) in [6, 6.07) is 9.96. The number of aldehydes is 1. The van der Waals surface area contributed by atoms with E-state index >= 15 is 0 Å². The Bertz CT molecular complexity index is 1000. The number of hydrogen-bond donors (Lipinski definition) is 3. The zero-order valence-corrected chi connectivity index (χ0v) is 17.8. The fraction of sp³-hybridized carbons (Fsp3) is 0.286. The minimum absolute atomic E-state index is 0.0162. The summed E-state index contributed by atoms with van der Waals surface area (Å²) in [6.07, 6.45) is 3.25. The number of rotatable bonds is 9. The second kappa shape index (κ2) is 12.8. The van der Waals surface area contributed by atoms with E-state index in [1.807, 2.05) is 35.2 Å². The largest absolute Gasteiger partial charge is 0.464 e. The van der Waals surface area contributed by atoms with Crippen LogP contribution in [0.5, 0.6) is 0 Å². The number of benzene rings is 1. The number of methoxy groups -OCH3 is 2. The van der Waals surface area contributed by atoms with Crippen molar-refractivity contribution in [3.05, 3.63) is 71.3 Å². The molecule has 0 aliphatic rings. The molecule has 0 radical (unpaired) electrons. The first kappa shape index (κ1) is 24.4. The maximum Gasteiger partial charge on any atom is 0.359 e. The van der Waals surface area contributed by atoms with E-state index in [4.69, 9.17) is 4.74 Å². The van der Waals surface area contributed by atoms with Crippen molar-refractivity contribution in [2.24, 2.45) is 0 Å². The summed E-state index contributed by atoms with van der Waals surface area (Å²) in [5.41, 5.74) is 2.27. The number of carbonyl (C=O) groups excluding carboxylic acids is 3. The maximum atomic E-state index is 11.6. The summed E-state index contributed by atoms with van der Waals surface area (Å²) >= 11 is 0. The number of ether oxygens (including phenoxy) is 2. The van der Waals surface area contributed by atoms with Crippen molar-refractivity contribution in [2.75, 3.05) is 27.4 Å². The number of nitrogens with one attached hydrogen (secondary N) is 2. The standard InChI is InChI=1S/C15H19N3O3.C6H6N2O3/c1-21-15(20)14-13(16-11-17-14)10-18(7-8-19)9-12-5-3-2-4-6-12;1-11-6(10)5-4(2-9)7-3-8-5/h2-6,11,19H,7-10H2,1H3,(H,16,17);2-3H,1H3,(H,7,8). The molecule has 3 rings (SSSR count). The number of esters is 2. The predicted molar refractivity (Wildman–Crippen MR) is 113 cm³/mol. The number of aliphatic hydroxyl groups excluding tert-OH is 1. The molecule has 3 aromatic rings. The van der Waals surface area contributed by atoms with E-state index in [2.05, 4.69) is 24.7 Å². The zero-order valence-electron chi connectivity index (χ0n) is 17.8. The molecule has 1 aromatic carbocycles. The van der Waals surface area contributed by atoms with Crippen LogP contribution in [0, 0.1) is 0 Å². The van der Waals surface area contributed by atoms with E-state index in [0.717, 1.165) is 5.56 Å². The Morgan fingerprint density at radius 1 is 1.00 bits per heavy atom. The molecule has 11 heteroatoms. The van der Waals surface area contributed by atoms with Crippen molar-refractivity contribution in [3.63, 3.8) is 0 Å². The van der Waals surface area contributed by atoms with Crippen LogP contribution in [0.3, 0.4) is 0 Å². The number of aromatic amines is 2. The van der Waals surface area contributed by atoms with Crippen molar-refractivity contribution in [1.29, 1.82) is 0 Å². The van der Waals surface area contributed by atoms with Crippen LogP contribution in [0.25, 0.3) is 0 Å². The fourth-order valence-corrected chi connectivity index (χ4v) is 2.79. The van der Waals surface area contributed by atoms with E-state index in [1.165, 1.54) is 26.9 Å². The summed E-state index contributed by atoms with van der Waals surface area (Å²) in [5.74, 6) is -1.08. The average Bonchev–Trinajstić information content (AvgIpc) is 3.49. The molecule has 170 valence electrons. The highest BCUT2D eigenvalue weighted by molar-refractivity contribution is 5.95. The highest BCUT2D eigenvalue weighted by Crippen LogP contribution is 2.11. The second-order valence-electron chi connectivity index (χ2n) is 6.42. The number of nitrogens with zero attached hydrogens (tertiary/aromatic N) is 3. The molecule has 32 heavy (non-hydrogen) atoms. The maximum absolute atomic E-state index is 11.6. The molecule has 2 heterocycles. The van der Waals surface area contributed by atoms with Crippen molar-refractivity contribution in [3.8, 4) is 0 Å². The SMILES string of the molecule is COC(=O)c1nc[nH]c1C=O.COC(=O)c1nc[nH]c1CN(CCO)Cc1ccccc1. The van der Waals surface area contributed by atoms with Crippen molar-refractivity contribution < 1.29 is 29.0 Å². The molecule has 3 N–H and O–H groups in total. The smallest absolute Gasteiger partial charge is 0.359 e. The first-order chi connectivity index (χ1) is 15.5. The highest BCUT2D eigenvalue weighted by atomic mass is 16.5. The Kier molecular flexibility index (Phi) is 9.75. The Hall–Kier alpha value is -3.83. The number of carbonyl (C=O) groups is 3. The fourth-order valence-electron chi connectivity index (χ4n) is 2.79. The normalized spacial score (nSPS) is 10.2. The lowest BCUT2D eigenvalue weighted by molar-refractivity contribution is 0.0583. The van der Waals surface area contributed by atoms with Gasteiger partial charge in [-0.2, -0.15) is 0 Å². The van der Waals surface area contributed by atoms with Gasteiger partial charge in [-0.05, 0) is 5.56 Å². The third-order valence-corrected chi connectivity index (χ3v) is 4.31. The molecule has 2 aromatic heterocycles. The molecule has 0 aliphatic heterocycles. The monoisotopic (exact) mass is 443 g/mol. The van der Waals surface area contributed by atoms with Crippen molar-refractivity contribution in [1.82, 2.24) is 24.8 Å². The number of imidazole rings is 2. The van der Waals surface area contributed by atoms with Gasteiger partial charge in [0, 0.05) is 19.6 Å². The molecule has 0 bridgehead atoms. The van der Waals surface area contributed by atoms with Gasteiger partial charge in [0.05, 0.1) is 39.2 Å². The number of H-pyrrole nitrogens is 2. The van der Waals surface area contributed by atoms with Gasteiger partial charge in [0.25, 0.3) is 0 Å². The van der Waals surface area contributed by atoms with E-state index in [-0.39, 0.29) is 23.7 Å². The summed E-state index contributed by atoms with van der Waals surface area (Å²) in [5, 5.41) is 9.21. The van der Waals surface area contributed by atoms with E-state index in [9.17, 15) is 19.5 Å². The lowest BCUT2D eigenvalue weighted by atomic mass is 10.2. The van der Waals surface area contributed by atoms with Crippen molar-refractivity contribution >= 4 is 18.2 Å². The molecular weight excluding hydrogens is 418 g/mol. The lowest BCUT2D eigenvalue weighted by Gasteiger charge is -2.21. The highest BCUT2D eigenvalue weighted by Gasteiger charge is 2.17. The molecule has 0 aliphatic carbocycles. The summed E-state index contributed by atoms with van der Waals surface area (Å²) < 4.78 is 9.06. The molecule has 0 amide bonds. The minimum atomic E-state index is -0.617. The molecule has 0 spiro atoms. The van der Waals surface area contributed by atoms with Gasteiger partial charge in [0.1, 0.15) is 5.69 Å². The van der Waals surface area contributed by atoms with Gasteiger partial charge >= 0.3 is 11.9 Å². The Morgan fingerprint density at radius 2 is 1.62 bits per heavy atom. The predicted octanol–water partition coefficient (Wildman–Crippen LogP) is 1.20. The Morgan fingerprint density at radius 3 is 2.25 bits per heavy atom. The van der Waals surface area contributed by atoms with E-state index in [0.29, 0.717) is 31.6 Å². The van der Waals surface area contributed by atoms with Gasteiger partial charge in [-0.15, -0.1) is 0 Å². The summed E-state index contributed by atoms with van der Waals surface area (Å²) in [4.78, 5) is 47.7. The third kappa shape index (κ3) is 6.86. The van der Waals surface area contributed by atoms with Crippen LogP contribution < -0.4 is 0 Å². The molecule has 0 saturated carbocycles. The average molecular weight is 443 g/mol. The lowest BCUT2D eigenvalue weighted by Crippen LogP contribution is -2.27. The van der Waals surface area contributed by atoms with Crippen LogP contribution in [-0.2, 0) is 22.6 Å². The van der Waals surface area contributed by atoms with Crippen LogP contribution >= 0.6 is 0 Å². The topological polar surface area (TPSA) is 150 Å². The van der Waals surface area contributed by atoms with Crippen LogP contribution in [0.15, 0.2) is 43.0 Å². The minimum Gasteiger partial charge on any atom is -0.464 e. The van der Waals surface area contributed by atoms with Crippen molar-refractivity contribution in [2.45, 2.75) is 13.1 Å². The van der Waals surface area contributed by atoms with Crippen LogP contribution in [0.4, 0.5) is 0 Å². The zero-order chi connectivity index (χ0) is 23.3. The Balaban J connectivity index is 0.000000278. The van der Waals surface area contributed by atoms with E-state index < -0.39 is 11.9 Å². The number of aromatic nitrogens is 4. The number of aliphatic hydroxyl groups is 1. The third-order valence-electron chi connectivity index (χ3n) is 4.31. The van der Waals surface area contributed by atoms with E-state index in [1.54, 1.807) is 0 Å². The Labute approximate surface area is 184 Å². The van der Waals surface area contributed by atoms with Gasteiger partial charge in [0.15, 0.2) is 17.7 Å². The van der Waals surface area contributed by atoms with Crippen LogP contribution in [0.2, 0.25) is 0 Å².